The Hall–Kier alpha value is -0.170. The van der Waals surface area contributed by atoms with Gasteiger partial charge in [0.2, 0.25) is 5.78 Å². The zero-order valence-corrected chi connectivity index (χ0v) is 14.7. The molecule has 0 aliphatic rings. The number of rotatable bonds is 3. The second kappa shape index (κ2) is 5.86. The largest absolute Gasteiger partial charge is 0.496 e. The molecule has 18 heavy (non-hydrogen) atoms. The molecule has 0 N–H and O–H groups in total. The number of halogens is 3. The highest BCUT2D eigenvalue weighted by Gasteiger charge is 2.15. The summed E-state index contributed by atoms with van der Waals surface area (Å²) in [6, 6.07) is 7.11. The van der Waals surface area contributed by atoms with Gasteiger partial charge in [0.1, 0.15) is 5.75 Å². The van der Waals surface area contributed by atoms with Gasteiger partial charge in [0.15, 0.2) is 0 Å². The normalized spacial score (nSPS) is 10.4. The summed E-state index contributed by atoms with van der Waals surface area (Å²) in [7, 11) is 1.59. The fourth-order valence-corrected chi connectivity index (χ4v) is 3.95. The SMILES string of the molecule is COc1ccc(C(=O)c2cc(Br)c(Br)s2)cc1Br. The summed E-state index contributed by atoms with van der Waals surface area (Å²) in [5.41, 5.74) is 0.629. The Balaban J connectivity index is 2.37. The third-order valence-corrected chi connectivity index (χ3v) is 6.16. The van der Waals surface area contributed by atoms with Crippen molar-refractivity contribution in [2.45, 2.75) is 0 Å². The van der Waals surface area contributed by atoms with Crippen LogP contribution in [0.15, 0.2) is 37.0 Å². The molecule has 0 amide bonds. The van der Waals surface area contributed by atoms with Crippen LogP contribution in [-0.4, -0.2) is 12.9 Å². The molecular formula is C12H7Br3O2S. The Morgan fingerprint density at radius 1 is 1.17 bits per heavy atom. The first kappa shape index (κ1) is 14.2. The highest BCUT2D eigenvalue weighted by Crippen LogP contribution is 2.34. The van der Waals surface area contributed by atoms with Crippen LogP contribution in [0.3, 0.4) is 0 Å². The minimum absolute atomic E-state index is 0.00486. The second-order valence-corrected chi connectivity index (χ2v) is 7.49. The lowest BCUT2D eigenvalue weighted by Gasteiger charge is -2.04. The van der Waals surface area contributed by atoms with E-state index in [0.717, 1.165) is 12.7 Å². The van der Waals surface area contributed by atoms with Crippen LogP contribution in [0.5, 0.6) is 5.75 Å². The molecule has 94 valence electrons. The monoisotopic (exact) mass is 452 g/mol. The molecule has 0 saturated heterocycles. The number of hydrogen-bond acceptors (Lipinski definition) is 3. The van der Waals surface area contributed by atoms with Crippen molar-refractivity contribution in [3.63, 3.8) is 0 Å². The predicted molar refractivity (Wildman–Crippen MR) is 83.8 cm³/mol. The lowest BCUT2D eigenvalue weighted by Crippen LogP contribution is -1.98. The molecular weight excluding hydrogens is 448 g/mol. The fourth-order valence-electron chi connectivity index (χ4n) is 1.41. The van der Waals surface area contributed by atoms with E-state index in [9.17, 15) is 4.79 Å². The zero-order valence-electron chi connectivity index (χ0n) is 9.17. The highest BCUT2D eigenvalue weighted by molar-refractivity contribution is 9.13. The predicted octanol–water partition coefficient (Wildman–Crippen LogP) is 5.28. The number of ketones is 1. The van der Waals surface area contributed by atoms with Gasteiger partial charge in [-0.2, -0.15) is 0 Å². The molecule has 0 aliphatic carbocycles. The summed E-state index contributed by atoms with van der Waals surface area (Å²) in [4.78, 5) is 13.0. The average molecular weight is 455 g/mol. The number of carbonyl (C=O) groups is 1. The lowest BCUT2D eigenvalue weighted by molar-refractivity contribution is 0.104. The third-order valence-electron chi connectivity index (χ3n) is 2.28. The number of methoxy groups -OCH3 is 1. The van der Waals surface area contributed by atoms with Crippen LogP contribution in [0.1, 0.15) is 15.2 Å². The van der Waals surface area contributed by atoms with E-state index >= 15 is 0 Å². The van der Waals surface area contributed by atoms with Gasteiger partial charge >= 0.3 is 0 Å². The van der Waals surface area contributed by atoms with Gasteiger partial charge in [0, 0.05) is 10.0 Å². The first-order chi connectivity index (χ1) is 8.52. The molecule has 0 saturated carbocycles. The quantitative estimate of drug-likeness (QED) is 0.590. The van der Waals surface area contributed by atoms with Gasteiger partial charge in [0.05, 0.1) is 20.2 Å². The average Bonchev–Trinajstić information content (AvgIpc) is 2.68. The van der Waals surface area contributed by atoms with E-state index in [1.165, 1.54) is 11.3 Å². The van der Waals surface area contributed by atoms with E-state index < -0.39 is 0 Å². The maximum atomic E-state index is 12.3. The topological polar surface area (TPSA) is 26.3 Å². The van der Waals surface area contributed by atoms with Gasteiger partial charge < -0.3 is 4.74 Å². The van der Waals surface area contributed by atoms with Crippen molar-refractivity contribution in [2.24, 2.45) is 0 Å². The van der Waals surface area contributed by atoms with Crippen LogP contribution >= 0.6 is 59.1 Å². The van der Waals surface area contributed by atoms with Crippen LogP contribution in [0.2, 0.25) is 0 Å². The summed E-state index contributed by atoms with van der Waals surface area (Å²) in [5, 5.41) is 0. The van der Waals surface area contributed by atoms with Gasteiger partial charge in [-0.05, 0) is 72.1 Å². The number of carbonyl (C=O) groups excluding carboxylic acids is 1. The Kier molecular flexibility index (Phi) is 4.64. The Morgan fingerprint density at radius 3 is 2.39 bits per heavy atom. The molecule has 0 unspecified atom stereocenters. The molecule has 6 heteroatoms. The van der Waals surface area contributed by atoms with Crippen molar-refractivity contribution in [1.29, 1.82) is 0 Å². The van der Waals surface area contributed by atoms with E-state index in [4.69, 9.17) is 4.74 Å². The van der Waals surface area contributed by atoms with Gasteiger partial charge in [-0.25, -0.2) is 0 Å². The standard InChI is InChI=1S/C12H7Br3O2S/c1-17-9-3-2-6(4-7(9)13)11(16)10-5-8(14)12(15)18-10/h2-5H,1H3. The van der Waals surface area contributed by atoms with E-state index in [1.807, 2.05) is 6.07 Å². The van der Waals surface area contributed by atoms with E-state index in [-0.39, 0.29) is 5.78 Å². The summed E-state index contributed by atoms with van der Waals surface area (Å²) in [6.07, 6.45) is 0. The third kappa shape index (κ3) is 2.87. The highest BCUT2D eigenvalue weighted by atomic mass is 79.9. The van der Waals surface area contributed by atoms with Crippen molar-refractivity contribution in [1.82, 2.24) is 0 Å². The van der Waals surface area contributed by atoms with Crippen LogP contribution < -0.4 is 4.74 Å². The Labute approximate surface area is 134 Å². The molecule has 2 nitrogen and oxygen atoms in total. The minimum Gasteiger partial charge on any atom is -0.496 e. The molecule has 0 aliphatic heterocycles. The molecule has 2 aromatic rings. The molecule has 0 spiro atoms. The number of ether oxygens (including phenoxy) is 1. The molecule has 1 heterocycles. The minimum atomic E-state index is -0.00486. The van der Waals surface area contributed by atoms with Gasteiger partial charge in [0.25, 0.3) is 0 Å². The van der Waals surface area contributed by atoms with Crippen molar-refractivity contribution in [3.05, 3.63) is 47.4 Å². The lowest BCUT2D eigenvalue weighted by atomic mass is 10.1. The van der Waals surface area contributed by atoms with E-state index in [0.29, 0.717) is 16.2 Å². The Morgan fingerprint density at radius 2 is 1.89 bits per heavy atom. The Bertz CT molecular complexity index is 588. The van der Waals surface area contributed by atoms with Crippen LogP contribution in [0.25, 0.3) is 0 Å². The van der Waals surface area contributed by atoms with Crippen molar-refractivity contribution >= 4 is 64.9 Å². The maximum Gasteiger partial charge on any atom is 0.203 e. The van der Waals surface area contributed by atoms with Crippen LogP contribution in [0, 0.1) is 0 Å². The van der Waals surface area contributed by atoms with Gasteiger partial charge in [-0.3, -0.25) is 4.79 Å². The van der Waals surface area contributed by atoms with Gasteiger partial charge in [-0.1, -0.05) is 0 Å². The molecule has 0 radical (unpaired) electrons. The fraction of sp³-hybridized carbons (Fsp3) is 0.0833. The molecule has 2 rings (SSSR count). The summed E-state index contributed by atoms with van der Waals surface area (Å²) in [5.74, 6) is 0.704. The van der Waals surface area contributed by atoms with Crippen molar-refractivity contribution < 1.29 is 9.53 Å². The second-order valence-electron chi connectivity index (χ2n) is 3.41. The first-order valence-corrected chi connectivity index (χ1v) is 8.05. The summed E-state index contributed by atoms with van der Waals surface area (Å²) in [6.45, 7) is 0. The van der Waals surface area contributed by atoms with Crippen LogP contribution in [-0.2, 0) is 0 Å². The number of thiophene rings is 1. The van der Waals surface area contributed by atoms with Crippen LogP contribution in [0.4, 0.5) is 0 Å². The smallest absolute Gasteiger partial charge is 0.203 e. The number of benzene rings is 1. The summed E-state index contributed by atoms with van der Waals surface area (Å²) >= 11 is 11.5. The van der Waals surface area contributed by atoms with E-state index in [2.05, 4.69) is 47.8 Å². The molecule has 0 atom stereocenters. The van der Waals surface area contributed by atoms with Crippen molar-refractivity contribution in [2.75, 3.05) is 7.11 Å². The van der Waals surface area contributed by atoms with E-state index in [1.54, 1.807) is 25.3 Å². The molecule has 1 aromatic carbocycles. The molecule has 1 aromatic heterocycles. The summed E-state index contributed by atoms with van der Waals surface area (Å²) < 4.78 is 7.71. The van der Waals surface area contributed by atoms with Crippen molar-refractivity contribution in [3.8, 4) is 5.75 Å². The molecule has 0 fully saturated rings. The molecule has 0 bridgehead atoms. The zero-order chi connectivity index (χ0) is 13.3. The maximum absolute atomic E-state index is 12.3. The first-order valence-electron chi connectivity index (χ1n) is 4.86. The van der Waals surface area contributed by atoms with Gasteiger partial charge in [-0.15, -0.1) is 11.3 Å². The number of hydrogen-bond donors (Lipinski definition) is 0.